The molecule has 0 radical (unpaired) electrons. The Morgan fingerprint density at radius 1 is 1.10 bits per heavy atom. The van der Waals surface area contributed by atoms with Crippen LogP contribution in [0.15, 0.2) is 41.2 Å². The standard InChI is InChI=1S/C14H12N4O2/c1-9-15-7-11(8-16-9)14-17-13(18-20-14)10-4-3-5-12(6-10)19-2/h3-8H,1-2H3. The quantitative estimate of drug-likeness (QED) is 0.726. The fraction of sp³-hybridized carbons (Fsp3) is 0.143. The van der Waals surface area contributed by atoms with Crippen molar-refractivity contribution in [1.82, 2.24) is 20.1 Å². The Balaban J connectivity index is 1.95. The summed E-state index contributed by atoms with van der Waals surface area (Å²) >= 11 is 0. The van der Waals surface area contributed by atoms with Gasteiger partial charge < -0.3 is 9.26 Å². The maximum Gasteiger partial charge on any atom is 0.261 e. The van der Waals surface area contributed by atoms with Gasteiger partial charge in [0.15, 0.2) is 0 Å². The molecule has 0 amide bonds. The molecule has 0 bridgehead atoms. The molecule has 100 valence electrons. The first kappa shape index (κ1) is 12.3. The number of aryl methyl sites for hydroxylation is 1. The van der Waals surface area contributed by atoms with Gasteiger partial charge >= 0.3 is 0 Å². The van der Waals surface area contributed by atoms with E-state index in [-0.39, 0.29) is 0 Å². The molecule has 0 saturated heterocycles. The molecular formula is C14H12N4O2. The lowest BCUT2D eigenvalue weighted by atomic mass is 10.2. The van der Waals surface area contributed by atoms with E-state index >= 15 is 0 Å². The minimum absolute atomic E-state index is 0.391. The second-order valence-electron chi connectivity index (χ2n) is 4.17. The zero-order valence-electron chi connectivity index (χ0n) is 11.1. The molecule has 0 unspecified atom stereocenters. The molecule has 6 heteroatoms. The molecule has 3 rings (SSSR count). The van der Waals surface area contributed by atoms with Gasteiger partial charge in [0.1, 0.15) is 11.6 Å². The number of nitrogens with zero attached hydrogens (tertiary/aromatic N) is 4. The molecule has 2 heterocycles. The fourth-order valence-electron chi connectivity index (χ4n) is 1.72. The van der Waals surface area contributed by atoms with Crippen LogP contribution in [-0.4, -0.2) is 27.2 Å². The molecule has 20 heavy (non-hydrogen) atoms. The van der Waals surface area contributed by atoms with Crippen LogP contribution < -0.4 is 4.74 Å². The molecule has 0 N–H and O–H groups in total. The van der Waals surface area contributed by atoms with E-state index in [4.69, 9.17) is 9.26 Å². The third kappa shape index (κ3) is 2.35. The molecule has 0 spiro atoms. The largest absolute Gasteiger partial charge is 0.497 e. The summed E-state index contributed by atoms with van der Waals surface area (Å²) in [5, 5.41) is 3.96. The normalized spacial score (nSPS) is 10.5. The second-order valence-corrected chi connectivity index (χ2v) is 4.17. The third-order valence-electron chi connectivity index (χ3n) is 2.78. The van der Waals surface area contributed by atoms with Crippen molar-refractivity contribution >= 4 is 0 Å². The van der Waals surface area contributed by atoms with E-state index in [2.05, 4.69) is 20.1 Å². The van der Waals surface area contributed by atoms with Crippen molar-refractivity contribution < 1.29 is 9.26 Å². The summed E-state index contributed by atoms with van der Waals surface area (Å²) in [5.41, 5.74) is 1.52. The molecule has 0 aliphatic rings. The first-order valence-electron chi connectivity index (χ1n) is 6.03. The number of benzene rings is 1. The smallest absolute Gasteiger partial charge is 0.261 e. The van der Waals surface area contributed by atoms with Crippen LogP contribution in [0.2, 0.25) is 0 Å². The van der Waals surface area contributed by atoms with Gasteiger partial charge in [0, 0.05) is 18.0 Å². The van der Waals surface area contributed by atoms with Gasteiger partial charge in [0.05, 0.1) is 12.7 Å². The Hall–Kier alpha value is -2.76. The van der Waals surface area contributed by atoms with E-state index in [1.807, 2.05) is 31.2 Å². The van der Waals surface area contributed by atoms with Crippen molar-refractivity contribution in [2.24, 2.45) is 0 Å². The van der Waals surface area contributed by atoms with Crippen LogP contribution in [0.1, 0.15) is 5.82 Å². The highest BCUT2D eigenvalue weighted by Crippen LogP contribution is 2.24. The third-order valence-corrected chi connectivity index (χ3v) is 2.78. The van der Waals surface area contributed by atoms with E-state index in [9.17, 15) is 0 Å². The fourth-order valence-corrected chi connectivity index (χ4v) is 1.72. The highest BCUT2D eigenvalue weighted by molar-refractivity contribution is 5.60. The van der Waals surface area contributed by atoms with Crippen LogP contribution in [0.3, 0.4) is 0 Å². The molecule has 0 aliphatic heterocycles. The summed E-state index contributed by atoms with van der Waals surface area (Å²) < 4.78 is 10.4. The van der Waals surface area contributed by atoms with Crippen molar-refractivity contribution in [2.45, 2.75) is 6.92 Å². The van der Waals surface area contributed by atoms with E-state index < -0.39 is 0 Å². The lowest BCUT2D eigenvalue weighted by Gasteiger charge is -1.99. The summed E-state index contributed by atoms with van der Waals surface area (Å²) in [4.78, 5) is 12.6. The molecule has 0 aliphatic carbocycles. The van der Waals surface area contributed by atoms with Gasteiger partial charge in [-0.05, 0) is 19.1 Å². The van der Waals surface area contributed by atoms with Gasteiger partial charge in [0.2, 0.25) is 5.82 Å². The predicted molar refractivity (Wildman–Crippen MR) is 72.0 cm³/mol. The molecule has 0 atom stereocenters. The van der Waals surface area contributed by atoms with Crippen LogP contribution in [0.5, 0.6) is 5.75 Å². The number of ether oxygens (including phenoxy) is 1. The summed E-state index contributed by atoms with van der Waals surface area (Å²) in [6.07, 6.45) is 3.32. The Labute approximate surface area is 115 Å². The average molecular weight is 268 g/mol. The summed E-state index contributed by atoms with van der Waals surface area (Å²) in [7, 11) is 1.62. The zero-order chi connectivity index (χ0) is 13.9. The molecule has 0 saturated carbocycles. The van der Waals surface area contributed by atoms with Crippen molar-refractivity contribution in [3.8, 4) is 28.6 Å². The first-order valence-corrected chi connectivity index (χ1v) is 6.03. The van der Waals surface area contributed by atoms with Gasteiger partial charge in [-0.2, -0.15) is 4.98 Å². The van der Waals surface area contributed by atoms with Gasteiger partial charge in [-0.1, -0.05) is 17.3 Å². The second kappa shape index (κ2) is 5.08. The van der Waals surface area contributed by atoms with Crippen LogP contribution in [0.4, 0.5) is 0 Å². The van der Waals surface area contributed by atoms with Crippen LogP contribution in [0, 0.1) is 6.92 Å². The maximum absolute atomic E-state index is 5.24. The molecular weight excluding hydrogens is 256 g/mol. The number of hydrogen-bond acceptors (Lipinski definition) is 6. The van der Waals surface area contributed by atoms with Crippen molar-refractivity contribution in [1.29, 1.82) is 0 Å². The van der Waals surface area contributed by atoms with E-state index in [1.54, 1.807) is 19.5 Å². The maximum atomic E-state index is 5.24. The SMILES string of the molecule is COc1cccc(-c2noc(-c3cnc(C)nc3)n2)c1. The lowest BCUT2D eigenvalue weighted by molar-refractivity contribution is 0.414. The zero-order valence-corrected chi connectivity index (χ0v) is 11.1. The number of rotatable bonds is 3. The molecule has 1 aromatic carbocycles. The highest BCUT2D eigenvalue weighted by Gasteiger charge is 2.11. The minimum Gasteiger partial charge on any atom is -0.497 e. The van der Waals surface area contributed by atoms with Crippen molar-refractivity contribution in [3.05, 3.63) is 42.5 Å². The molecule has 3 aromatic rings. The number of hydrogen-bond donors (Lipinski definition) is 0. The monoisotopic (exact) mass is 268 g/mol. The summed E-state index contributed by atoms with van der Waals surface area (Å²) in [6.45, 7) is 1.82. The number of methoxy groups -OCH3 is 1. The van der Waals surface area contributed by atoms with Crippen molar-refractivity contribution in [3.63, 3.8) is 0 Å². The number of aromatic nitrogens is 4. The van der Waals surface area contributed by atoms with Crippen LogP contribution in [-0.2, 0) is 0 Å². The van der Waals surface area contributed by atoms with E-state index in [1.165, 1.54) is 0 Å². The molecule has 2 aromatic heterocycles. The van der Waals surface area contributed by atoms with Gasteiger partial charge in [0.25, 0.3) is 5.89 Å². The Morgan fingerprint density at radius 3 is 2.65 bits per heavy atom. The highest BCUT2D eigenvalue weighted by atomic mass is 16.5. The summed E-state index contributed by atoms with van der Waals surface area (Å²) in [6, 6.07) is 7.47. The minimum atomic E-state index is 0.391. The van der Waals surface area contributed by atoms with Crippen LogP contribution >= 0.6 is 0 Å². The Bertz CT molecular complexity index is 722. The first-order chi connectivity index (χ1) is 9.76. The van der Waals surface area contributed by atoms with Gasteiger partial charge in [-0.3, -0.25) is 0 Å². The predicted octanol–water partition coefficient (Wildman–Crippen LogP) is 2.51. The molecule has 0 fully saturated rings. The molecule has 6 nitrogen and oxygen atoms in total. The lowest BCUT2D eigenvalue weighted by Crippen LogP contribution is -1.88. The van der Waals surface area contributed by atoms with Gasteiger partial charge in [-0.25, -0.2) is 9.97 Å². The Morgan fingerprint density at radius 2 is 1.90 bits per heavy atom. The van der Waals surface area contributed by atoms with E-state index in [0.29, 0.717) is 23.1 Å². The Kier molecular flexibility index (Phi) is 3.12. The average Bonchev–Trinajstić information content (AvgIpc) is 2.98. The van der Waals surface area contributed by atoms with Crippen LogP contribution in [0.25, 0.3) is 22.8 Å². The topological polar surface area (TPSA) is 73.9 Å². The van der Waals surface area contributed by atoms with Crippen molar-refractivity contribution in [2.75, 3.05) is 7.11 Å². The van der Waals surface area contributed by atoms with Gasteiger partial charge in [-0.15, -0.1) is 0 Å². The summed E-state index contributed by atoms with van der Waals surface area (Å²) in [5.74, 6) is 2.33. The van der Waals surface area contributed by atoms with E-state index in [0.717, 1.165) is 11.3 Å².